The number of rotatable bonds is 8. The Labute approximate surface area is 166 Å². The number of alkyl halides is 1. The molecule has 0 spiro atoms. The van der Waals surface area contributed by atoms with E-state index < -0.39 is 5.41 Å². The van der Waals surface area contributed by atoms with Crippen LogP contribution in [0.3, 0.4) is 0 Å². The molecule has 1 aromatic heterocycles. The highest BCUT2D eigenvalue weighted by Crippen LogP contribution is 2.28. The van der Waals surface area contributed by atoms with Crippen molar-refractivity contribution in [3.8, 4) is 0 Å². The SMILES string of the molecule is CCCN(C(=O)C(C)(C)CCl)C(C)c1nc2ccccc2c(=O)n1CCC. The van der Waals surface area contributed by atoms with Crippen LogP contribution in [0.25, 0.3) is 10.9 Å². The van der Waals surface area contributed by atoms with E-state index in [0.29, 0.717) is 29.8 Å². The molecule has 0 radical (unpaired) electrons. The molecule has 0 saturated carbocycles. The minimum atomic E-state index is -0.669. The van der Waals surface area contributed by atoms with Gasteiger partial charge in [0.05, 0.1) is 22.4 Å². The molecule has 0 aliphatic carbocycles. The number of nitrogens with zero attached hydrogens (tertiary/aromatic N) is 3. The molecule has 0 bridgehead atoms. The van der Waals surface area contributed by atoms with Crippen molar-refractivity contribution in [1.29, 1.82) is 0 Å². The summed E-state index contributed by atoms with van der Waals surface area (Å²) in [5.74, 6) is 0.858. The van der Waals surface area contributed by atoms with Gasteiger partial charge in [0.1, 0.15) is 5.82 Å². The first-order chi connectivity index (χ1) is 12.8. The fourth-order valence-corrected chi connectivity index (χ4v) is 3.36. The Hall–Kier alpha value is -1.88. The lowest BCUT2D eigenvalue weighted by Gasteiger charge is -2.35. The Bertz CT molecular complexity index is 860. The minimum Gasteiger partial charge on any atom is -0.332 e. The van der Waals surface area contributed by atoms with Crippen LogP contribution in [0.1, 0.15) is 59.3 Å². The Morgan fingerprint density at radius 3 is 2.52 bits per heavy atom. The maximum atomic E-state index is 13.1. The van der Waals surface area contributed by atoms with Gasteiger partial charge in [0, 0.05) is 19.0 Å². The topological polar surface area (TPSA) is 55.2 Å². The third kappa shape index (κ3) is 4.34. The molecule has 0 saturated heterocycles. The summed E-state index contributed by atoms with van der Waals surface area (Å²) in [6.45, 7) is 10.9. The third-order valence-electron chi connectivity index (χ3n) is 4.82. The quantitative estimate of drug-likeness (QED) is 0.628. The molecule has 1 atom stereocenters. The van der Waals surface area contributed by atoms with Gasteiger partial charge in [0.15, 0.2) is 0 Å². The van der Waals surface area contributed by atoms with Crippen molar-refractivity contribution in [3.63, 3.8) is 0 Å². The van der Waals surface area contributed by atoms with Crippen molar-refractivity contribution in [2.24, 2.45) is 5.41 Å². The molecule has 1 amide bonds. The van der Waals surface area contributed by atoms with Crippen molar-refractivity contribution in [1.82, 2.24) is 14.5 Å². The molecule has 0 N–H and O–H groups in total. The van der Waals surface area contributed by atoms with Crippen LogP contribution in [-0.4, -0.2) is 32.8 Å². The van der Waals surface area contributed by atoms with Crippen molar-refractivity contribution < 1.29 is 4.79 Å². The van der Waals surface area contributed by atoms with Crippen LogP contribution >= 0.6 is 11.6 Å². The van der Waals surface area contributed by atoms with Crippen LogP contribution in [0.15, 0.2) is 29.1 Å². The summed E-state index contributed by atoms with van der Waals surface area (Å²) in [6, 6.07) is 7.05. The average molecular weight is 392 g/mol. The van der Waals surface area contributed by atoms with E-state index in [4.69, 9.17) is 16.6 Å². The summed E-state index contributed by atoms with van der Waals surface area (Å²) in [4.78, 5) is 32.8. The van der Waals surface area contributed by atoms with Crippen molar-refractivity contribution in [2.45, 2.75) is 60.0 Å². The first kappa shape index (κ1) is 21.4. The van der Waals surface area contributed by atoms with Crippen molar-refractivity contribution in [3.05, 3.63) is 40.4 Å². The van der Waals surface area contributed by atoms with E-state index in [1.807, 2.05) is 57.7 Å². The van der Waals surface area contributed by atoms with Gasteiger partial charge in [-0.15, -0.1) is 11.6 Å². The number of hydrogen-bond acceptors (Lipinski definition) is 3. The van der Waals surface area contributed by atoms with Gasteiger partial charge >= 0.3 is 0 Å². The highest BCUT2D eigenvalue weighted by atomic mass is 35.5. The van der Waals surface area contributed by atoms with Gasteiger partial charge in [-0.25, -0.2) is 4.98 Å². The van der Waals surface area contributed by atoms with Gasteiger partial charge in [-0.3, -0.25) is 14.2 Å². The van der Waals surface area contributed by atoms with E-state index in [2.05, 4.69) is 0 Å². The number of halogens is 1. The smallest absolute Gasteiger partial charge is 0.261 e. The normalized spacial score (nSPS) is 13.0. The van der Waals surface area contributed by atoms with E-state index >= 15 is 0 Å². The number of benzene rings is 1. The average Bonchev–Trinajstić information content (AvgIpc) is 2.67. The number of fused-ring (bicyclic) bond motifs is 1. The number of hydrogen-bond donors (Lipinski definition) is 0. The lowest BCUT2D eigenvalue weighted by Crippen LogP contribution is -2.45. The molecular formula is C21H30ClN3O2. The summed E-state index contributed by atoms with van der Waals surface area (Å²) in [6.07, 6.45) is 1.63. The van der Waals surface area contributed by atoms with Crippen LogP contribution in [-0.2, 0) is 11.3 Å². The number of aromatic nitrogens is 2. The monoisotopic (exact) mass is 391 g/mol. The summed E-state index contributed by atoms with van der Waals surface area (Å²) in [5.41, 5.74) is -0.0560. The van der Waals surface area contributed by atoms with E-state index in [-0.39, 0.29) is 23.4 Å². The largest absolute Gasteiger partial charge is 0.332 e. The molecule has 1 heterocycles. The highest BCUT2D eigenvalue weighted by molar-refractivity contribution is 6.19. The fourth-order valence-electron chi connectivity index (χ4n) is 3.24. The van der Waals surface area contributed by atoms with Crippen LogP contribution < -0.4 is 5.56 Å². The lowest BCUT2D eigenvalue weighted by atomic mass is 9.93. The van der Waals surface area contributed by atoms with Crippen molar-refractivity contribution in [2.75, 3.05) is 12.4 Å². The molecule has 0 aliphatic rings. The predicted molar refractivity (Wildman–Crippen MR) is 111 cm³/mol. The fraction of sp³-hybridized carbons (Fsp3) is 0.571. The predicted octanol–water partition coefficient (Wildman–Crippen LogP) is 4.37. The zero-order valence-electron chi connectivity index (χ0n) is 17.0. The number of amides is 1. The Morgan fingerprint density at radius 2 is 1.93 bits per heavy atom. The van der Waals surface area contributed by atoms with Gasteiger partial charge in [0.25, 0.3) is 5.56 Å². The summed E-state index contributed by atoms with van der Waals surface area (Å²) in [7, 11) is 0. The number of carbonyl (C=O) groups is 1. The van der Waals surface area contributed by atoms with Crippen molar-refractivity contribution >= 4 is 28.4 Å². The molecule has 1 unspecified atom stereocenters. The van der Waals surface area contributed by atoms with Crippen LogP contribution in [0, 0.1) is 5.41 Å². The molecule has 148 valence electrons. The molecule has 6 heteroatoms. The zero-order chi connectivity index (χ0) is 20.2. The molecule has 0 aliphatic heterocycles. The summed E-state index contributed by atoms with van der Waals surface area (Å²) in [5, 5.41) is 0.608. The molecule has 2 rings (SSSR count). The van der Waals surface area contributed by atoms with Crippen LogP contribution in [0.2, 0.25) is 0 Å². The zero-order valence-corrected chi connectivity index (χ0v) is 17.7. The van der Waals surface area contributed by atoms with E-state index in [9.17, 15) is 9.59 Å². The molecule has 1 aromatic carbocycles. The molecule has 5 nitrogen and oxygen atoms in total. The summed E-state index contributed by atoms with van der Waals surface area (Å²) >= 11 is 6.05. The lowest BCUT2D eigenvalue weighted by molar-refractivity contribution is -0.141. The molecule has 27 heavy (non-hydrogen) atoms. The first-order valence-electron chi connectivity index (χ1n) is 9.65. The van der Waals surface area contributed by atoms with Gasteiger partial charge in [-0.05, 0) is 45.7 Å². The van der Waals surface area contributed by atoms with Crippen LogP contribution in [0.4, 0.5) is 0 Å². The second-order valence-corrected chi connectivity index (χ2v) is 7.90. The Kier molecular flexibility index (Phi) is 7.04. The first-order valence-corrected chi connectivity index (χ1v) is 10.2. The highest BCUT2D eigenvalue weighted by Gasteiger charge is 2.35. The maximum Gasteiger partial charge on any atom is 0.261 e. The molecular weight excluding hydrogens is 362 g/mol. The Balaban J connectivity index is 2.62. The Morgan fingerprint density at radius 1 is 1.26 bits per heavy atom. The van der Waals surface area contributed by atoms with Gasteiger partial charge < -0.3 is 4.90 Å². The second-order valence-electron chi connectivity index (χ2n) is 7.64. The maximum absolute atomic E-state index is 13.1. The third-order valence-corrected chi connectivity index (χ3v) is 5.49. The van der Waals surface area contributed by atoms with Gasteiger partial charge in [0.2, 0.25) is 5.91 Å². The summed E-state index contributed by atoms with van der Waals surface area (Å²) < 4.78 is 1.72. The molecule has 0 fully saturated rings. The van der Waals surface area contributed by atoms with Crippen LogP contribution in [0.5, 0.6) is 0 Å². The molecule has 2 aromatic rings. The second kappa shape index (κ2) is 8.87. The van der Waals surface area contributed by atoms with E-state index in [1.165, 1.54) is 0 Å². The van der Waals surface area contributed by atoms with Gasteiger partial charge in [-0.2, -0.15) is 0 Å². The number of para-hydroxylation sites is 1. The van der Waals surface area contributed by atoms with E-state index in [0.717, 1.165) is 12.8 Å². The number of carbonyl (C=O) groups excluding carboxylic acids is 1. The standard InChI is InChI=1S/C21H30ClN3O2/c1-6-12-24(20(27)21(4,5)14-22)15(3)18-23-17-11-9-8-10-16(17)19(26)25(18)13-7-2/h8-11,15H,6-7,12-14H2,1-5H3. The van der Waals surface area contributed by atoms with Gasteiger partial charge in [-0.1, -0.05) is 26.0 Å². The van der Waals surface area contributed by atoms with E-state index in [1.54, 1.807) is 10.6 Å². The minimum absolute atomic E-state index is 0.0164.